The predicted molar refractivity (Wildman–Crippen MR) is 199 cm³/mol. The smallest absolute Gasteiger partial charge is 0.143 e. The number of nitrogens with zero attached hydrogens (tertiary/aromatic N) is 1. The van der Waals surface area contributed by atoms with E-state index in [-0.39, 0.29) is 5.41 Å². The second kappa shape index (κ2) is 9.97. The Hall–Kier alpha value is -6.06. The van der Waals surface area contributed by atoms with Gasteiger partial charge in [-0.1, -0.05) is 117 Å². The van der Waals surface area contributed by atoms with E-state index < -0.39 is 0 Å². The van der Waals surface area contributed by atoms with Crippen molar-refractivity contribution in [3.8, 4) is 22.3 Å². The average molecular weight is 618 g/mol. The van der Waals surface area contributed by atoms with Crippen molar-refractivity contribution in [1.82, 2.24) is 0 Å². The number of hydrogen-bond acceptors (Lipinski definition) is 3. The summed E-state index contributed by atoms with van der Waals surface area (Å²) in [6, 6.07) is 53.9. The molecule has 0 atom stereocenters. The van der Waals surface area contributed by atoms with Crippen molar-refractivity contribution in [2.45, 2.75) is 19.3 Å². The number of furan rings is 2. The molecule has 0 fully saturated rings. The van der Waals surface area contributed by atoms with Crippen LogP contribution < -0.4 is 4.90 Å². The molecule has 2 aromatic heterocycles. The molecule has 0 spiro atoms. The average Bonchev–Trinajstić information content (AvgIpc) is 3.76. The van der Waals surface area contributed by atoms with Crippen LogP contribution in [0.15, 0.2) is 160 Å². The molecule has 0 radical (unpaired) electrons. The van der Waals surface area contributed by atoms with Crippen molar-refractivity contribution >= 4 is 60.9 Å². The molecule has 1 aliphatic carbocycles. The SMILES string of the molecule is CC1(C)c2ccccc2-c2ccc(N(c3ccccc3)c3cccc4oc5cc6c(cc5c34)oc3c(-c4ccccc4)cccc36)cc21. The summed E-state index contributed by atoms with van der Waals surface area (Å²) in [5.41, 5.74) is 14.1. The summed E-state index contributed by atoms with van der Waals surface area (Å²) in [6.45, 7) is 4.67. The van der Waals surface area contributed by atoms with E-state index in [4.69, 9.17) is 8.83 Å². The second-order valence-electron chi connectivity index (χ2n) is 13.3. The van der Waals surface area contributed by atoms with Gasteiger partial charge in [0, 0.05) is 38.5 Å². The fraction of sp³-hybridized carbons (Fsp3) is 0.0667. The van der Waals surface area contributed by atoms with E-state index in [0.29, 0.717) is 0 Å². The van der Waals surface area contributed by atoms with Crippen molar-refractivity contribution in [2.75, 3.05) is 4.90 Å². The van der Waals surface area contributed by atoms with Crippen LogP contribution in [0, 0.1) is 0 Å². The maximum Gasteiger partial charge on any atom is 0.143 e. The quantitative estimate of drug-likeness (QED) is 0.197. The highest BCUT2D eigenvalue weighted by molar-refractivity contribution is 6.19. The van der Waals surface area contributed by atoms with Crippen molar-refractivity contribution < 1.29 is 8.83 Å². The summed E-state index contributed by atoms with van der Waals surface area (Å²) < 4.78 is 13.3. The normalized spacial score (nSPS) is 13.4. The first kappa shape index (κ1) is 27.1. The number of anilines is 3. The van der Waals surface area contributed by atoms with Gasteiger partial charge in [-0.15, -0.1) is 0 Å². The van der Waals surface area contributed by atoms with Crippen LogP contribution in [0.3, 0.4) is 0 Å². The summed E-state index contributed by atoms with van der Waals surface area (Å²) in [6.07, 6.45) is 0. The van der Waals surface area contributed by atoms with E-state index in [9.17, 15) is 0 Å². The van der Waals surface area contributed by atoms with Gasteiger partial charge in [-0.2, -0.15) is 0 Å². The van der Waals surface area contributed by atoms with E-state index in [1.165, 1.54) is 22.3 Å². The number of hydrogen-bond donors (Lipinski definition) is 0. The number of benzene rings is 7. The summed E-state index contributed by atoms with van der Waals surface area (Å²) in [7, 11) is 0. The highest BCUT2D eigenvalue weighted by atomic mass is 16.3. The monoisotopic (exact) mass is 617 g/mol. The molecule has 0 aliphatic heterocycles. The minimum absolute atomic E-state index is 0.107. The van der Waals surface area contributed by atoms with Crippen molar-refractivity contribution in [2.24, 2.45) is 0 Å². The Balaban J connectivity index is 1.21. The van der Waals surface area contributed by atoms with Gasteiger partial charge in [0.1, 0.15) is 22.3 Å². The van der Waals surface area contributed by atoms with Gasteiger partial charge in [-0.05, 0) is 76.3 Å². The maximum absolute atomic E-state index is 6.68. The van der Waals surface area contributed by atoms with Crippen molar-refractivity contribution in [1.29, 1.82) is 0 Å². The lowest BCUT2D eigenvalue weighted by atomic mass is 9.82. The first-order valence-electron chi connectivity index (χ1n) is 16.5. The molecule has 9 aromatic rings. The molecule has 3 nitrogen and oxygen atoms in total. The zero-order chi connectivity index (χ0) is 32.0. The third-order valence-corrected chi connectivity index (χ3v) is 10.3. The van der Waals surface area contributed by atoms with Crippen LogP contribution in [-0.4, -0.2) is 0 Å². The Morgan fingerprint density at radius 1 is 0.458 bits per heavy atom. The highest BCUT2D eigenvalue weighted by Crippen LogP contribution is 2.51. The van der Waals surface area contributed by atoms with Gasteiger partial charge in [-0.3, -0.25) is 0 Å². The van der Waals surface area contributed by atoms with Crippen LogP contribution in [-0.2, 0) is 5.41 Å². The topological polar surface area (TPSA) is 29.5 Å². The van der Waals surface area contributed by atoms with E-state index in [2.05, 4.69) is 164 Å². The van der Waals surface area contributed by atoms with Crippen molar-refractivity contribution in [3.63, 3.8) is 0 Å². The molecule has 0 amide bonds. The van der Waals surface area contributed by atoms with E-state index in [1.807, 2.05) is 6.07 Å². The third-order valence-electron chi connectivity index (χ3n) is 10.3. The molecule has 0 saturated carbocycles. The standard InChI is InChI=1S/C45H31NO2/c1-45(2)37-20-10-9-17-32(37)33-24-23-30(25-38(33)45)46(29-15-7-4-8-16-29)39-21-12-22-40-43(39)36-27-41-35(26-42(36)47-40)34-19-11-18-31(44(34)48-41)28-13-5-3-6-14-28/h3-27H,1-2H3. The lowest BCUT2D eigenvalue weighted by Crippen LogP contribution is -2.16. The fourth-order valence-electron chi connectivity index (χ4n) is 7.96. The molecule has 0 N–H and O–H groups in total. The van der Waals surface area contributed by atoms with E-state index in [0.717, 1.165) is 72.1 Å². The molecule has 2 heterocycles. The Kier molecular flexibility index (Phi) is 5.63. The highest BCUT2D eigenvalue weighted by Gasteiger charge is 2.36. The van der Waals surface area contributed by atoms with Gasteiger partial charge in [0.05, 0.1) is 11.1 Å². The van der Waals surface area contributed by atoms with Crippen LogP contribution in [0.1, 0.15) is 25.0 Å². The van der Waals surface area contributed by atoms with Gasteiger partial charge in [-0.25, -0.2) is 0 Å². The van der Waals surface area contributed by atoms with Crippen LogP contribution in [0.4, 0.5) is 17.1 Å². The Morgan fingerprint density at radius 2 is 1.15 bits per heavy atom. The Labute approximate surface area is 278 Å². The first-order chi connectivity index (χ1) is 23.6. The molecule has 1 aliphatic rings. The van der Waals surface area contributed by atoms with Crippen LogP contribution in [0.5, 0.6) is 0 Å². The summed E-state index contributed by atoms with van der Waals surface area (Å²) in [5.74, 6) is 0. The maximum atomic E-state index is 6.68. The lowest BCUT2D eigenvalue weighted by Gasteiger charge is -2.28. The summed E-state index contributed by atoms with van der Waals surface area (Å²) in [4.78, 5) is 2.37. The minimum atomic E-state index is -0.107. The molecular formula is C45H31NO2. The Bertz CT molecular complexity index is 2700. The van der Waals surface area contributed by atoms with E-state index in [1.54, 1.807) is 0 Å². The fourth-order valence-corrected chi connectivity index (χ4v) is 7.96. The molecule has 10 rings (SSSR count). The van der Waals surface area contributed by atoms with Gasteiger partial charge < -0.3 is 13.7 Å². The van der Waals surface area contributed by atoms with E-state index >= 15 is 0 Å². The largest absolute Gasteiger partial charge is 0.456 e. The minimum Gasteiger partial charge on any atom is -0.456 e. The zero-order valence-electron chi connectivity index (χ0n) is 26.7. The molecule has 0 saturated heterocycles. The summed E-state index contributed by atoms with van der Waals surface area (Å²) in [5, 5.41) is 4.23. The van der Waals surface area contributed by atoms with Gasteiger partial charge in [0.25, 0.3) is 0 Å². The molecule has 7 aromatic carbocycles. The van der Waals surface area contributed by atoms with Gasteiger partial charge >= 0.3 is 0 Å². The first-order valence-corrected chi connectivity index (χ1v) is 16.5. The Morgan fingerprint density at radius 3 is 2.00 bits per heavy atom. The second-order valence-corrected chi connectivity index (χ2v) is 13.3. The zero-order valence-corrected chi connectivity index (χ0v) is 26.7. The number of fused-ring (bicyclic) bond motifs is 9. The molecule has 0 unspecified atom stereocenters. The molecule has 228 valence electrons. The van der Waals surface area contributed by atoms with Crippen molar-refractivity contribution in [3.05, 3.63) is 163 Å². The summed E-state index contributed by atoms with van der Waals surface area (Å²) >= 11 is 0. The third kappa shape index (κ3) is 3.82. The molecule has 3 heteroatoms. The lowest BCUT2D eigenvalue weighted by molar-refractivity contribution is 0.660. The van der Waals surface area contributed by atoms with Gasteiger partial charge in [0.15, 0.2) is 0 Å². The van der Waals surface area contributed by atoms with Crippen LogP contribution >= 0.6 is 0 Å². The number of rotatable bonds is 4. The van der Waals surface area contributed by atoms with Gasteiger partial charge in [0.2, 0.25) is 0 Å². The molecule has 48 heavy (non-hydrogen) atoms. The molecular weight excluding hydrogens is 587 g/mol. The van der Waals surface area contributed by atoms with Crippen LogP contribution in [0.25, 0.3) is 66.1 Å². The number of para-hydroxylation sites is 2. The van der Waals surface area contributed by atoms with Crippen LogP contribution in [0.2, 0.25) is 0 Å². The molecule has 0 bridgehead atoms. The predicted octanol–water partition coefficient (Wildman–Crippen LogP) is 12.9.